The fraction of sp³-hybridized carbons (Fsp3) is 0.471. The first-order valence-electron chi connectivity index (χ1n) is 8.41. The predicted octanol–water partition coefficient (Wildman–Crippen LogP) is 4.17. The average Bonchev–Trinajstić information content (AvgIpc) is 3.01. The van der Waals surface area contributed by atoms with Gasteiger partial charge in [0.25, 0.3) is 5.82 Å². The van der Waals surface area contributed by atoms with Crippen molar-refractivity contribution in [3.05, 3.63) is 42.0 Å². The first kappa shape index (κ1) is 19.7. The summed E-state index contributed by atoms with van der Waals surface area (Å²) in [6.07, 6.45) is -1.81. The number of alkyl halides is 3. The molecule has 2 aromatic rings. The topological polar surface area (TPSA) is 69.0 Å². The number of benzene rings is 1. The third kappa shape index (κ3) is 6.05. The highest BCUT2D eigenvalue weighted by Crippen LogP contribution is 2.26. The lowest BCUT2D eigenvalue weighted by atomic mass is 10.2. The van der Waals surface area contributed by atoms with E-state index in [4.69, 9.17) is 4.74 Å². The van der Waals surface area contributed by atoms with Gasteiger partial charge in [-0.1, -0.05) is 44.4 Å². The van der Waals surface area contributed by atoms with Gasteiger partial charge in [-0.2, -0.15) is 13.2 Å². The number of amides is 1. The molecule has 6 nitrogen and oxygen atoms in total. The summed E-state index contributed by atoms with van der Waals surface area (Å²) in [4.78, 5) is 15.3. The molecule has 9 heteroatoms. The molecule has 0 saturated carbocycles. The van der Waals surface area contributed by atoms with Crippen LogP contribution < -0.4 is 10.1 Å². The van der Waals surface area contributed by atoms with Crippen molar-refractivity contribution < 1.29 is 22.7 Å². The average molecular weight is 370 g/mol. The standard InChI is InChI=1S/C17H21F3N4O2/c1-2-3-4-8-11-24-14(22-15(23-24)17(18,19)20)12-21-16(25)26-13-9-6-5-7-10-13/h5-7,9-10H,2-4,8,11-12H2,1H3,(H,21,25). The molecule has 1 amide bonds. The number of aromatic nitrogens is 3. The molecule has 1 heterocycles. The Morgan fingerprint density at radius 1 is 1.19 bits per heavy atom. The SMILES string of the molecule is CCCCCCn1nc(C(F)(F)F)nc1CNC(=O)Oc1ccccc1. The van der Waals surface area contributed by atoms with Crippen molar-refractivity contribution in [1.29, 1.82) is 0 Å². The number of nitrogens with zero attached hydrogens (tertiary/aromatic N) is 3. The maximum absolute atomic E-state index is 12.9. The predicted molar refractivity (Wildman–Crippen MR) is 88.5 cm³/mol. The third-order valence-electron chi connectivity index (χ3n) is 3.57. The highest BCUT2D eigenvalue weighted by Gasteiger charge is 2.37. The zero-order valence-corrected chi connectivity index (χ0v) is 14.4. The lowest BCUT2D eigenvalue weighted by molar-refractivity contribution is -0.145. The number of rotatable bonds is 8. The number of halogens is 3. The number of aryl methyl sites for hydroxylation is 1. The van der Waals surface area contributed by atoms with E-state index >= 15 is 0 Å². The van der Waals surface area contributed by atoms with Crippen molar-refractivity contribution in [3.63, 3.8) is 0 Å². The van der Waals surface area contributed by atoms with Gasteiger partial charge in [-0.15, -0.1) is 5.10 Å². The minimum atomic E-state index is -4.63. The number of hydrogen-bond acceptors (Lipinski definition) is 4. The highest BCUT2D eigenvalue weighted by molar-refractivity contribution is 5.70. The van der Waals surface area contributed by atoms with Crippen LogP contribution >= 0.6 is 0 Å². The Bertz CT molecular complexity index is 702. The Balaban J connectivity index is 1.99. The fourth-order valence-corrected chi connectivity index (χ4v) is 2.28. The zero-order valence-electron chi connectivity index (χ0n) is 14.4. The van der Waals surface area contributed by atoms with Gasteiger partial charge in [0.1, 0.15) is 11.6 Å². The van der Waals surface area contributed by atoms with E-state index in [0.29, 0.717) is 18.7 Å². The lowest BCUT2D eigenvalue weighted by Crippen LogP contribution is -2.28. The van der Waals surface area contributed by atoms with Gasteiger partial charge in [-0.05, 0) is 18.6 Å². The number of carbonyl (C=O) groups is 1. The molecule has 1 N–H and O–H groups in total. The van der Waals surface area contributed by atoms with Gasteiger partial charge in [0.2, 0.25) is 0 Å². The Morgan fingerprint density at radius 3 is 2.58 bits per heavy atom. The van der Waals surface area contributed by atoms with Crippen molar-refractivity contribution in [2.24, 2.45) is 0 Å². The van der Waals surface area contributed by atoms with E-state index in [1.54, 1.807) is 30.3 Å². The van der Waals surface area contributed by atoms with Crippen molar-refractivity contribution in [2.45, 2.75) is 51.9 Å². The molecule has 0 aliphatic heterocycles. The van der Waals surface area contributed by atoms with Crippen LogP contribution in [0.5, 0.6) is 5.75 Å². The number of nitrogens with one attached hydrogen (secondary N) is 1. The summed E-state index contributed by atoms with van der Waals surface area (Å²) >= 11 is 0. The number of para-hydroxylation sites is 1. The smallest absolute Gasteiger partial charge is 0.410 e. The van der Waals surface area contributed by atoms with Gasteiger partial charge in [0.15, 0.2) is 0 Å². The lowest BCUT2D eigenvalue weighted by Gasteiger charge is -2.08. The number of ether oxygens (including phenoxy) is 1. The molecule has 0 spiro atoms. The van der Waals surface area contributed by atoms with E-state index in [0.717, 1.165) is 19.3 Å². The molecule has 0 bridgehead atoms. The van der Waals surface area contributed by atoms with Crippen LogP contribution in [-0.2, 0) is 19.3 Å². The summed E-state index contributed by atoms with van der Waals surface area (Å²) in [6.45, 7) is 2.15. The van der Waals surface area contributed by atoms with Crippen LogP contribution in [0, 0.1) is 0 Å². The second-order valence-electron chi connectivity index (χ2n) is 5.69. The van der Waals surface area contributed by atoms with E-state index in [1.807, 2.05) is 6.92 Å². The third-order valence-corrected chi connectivity index (χ3v) is 3.57. The molecule has 0 fully saturated rings. The maximum Gasteiger partial charge on any atom is 0.453 e. The van der Waals surface area contributed by atoms with E-state index < -0.39 is 18.1 Å². The van der Waals surface area contributed by atoms with Crippen LogP contribution in [-0.4, -0.2) is 20.9 Å². The summed E-state index contributed by atoms with van der Waals surface area (Å²) in [5.74, 6) is -0.831. The Hall–Kier alpha value is -2.58. The summed E-state index contributed by atoms with van der Waals surface area (Å²) in [5, 5.41) is 5.93. The maximum atomic E-state index is 12.9. The monoisotopic (exact) mass is 370 g/mol. The first-order chi connectivity index (χ1) is 12.4. The van der Waals surface area contributed by atoms with Crippen LogP contribution in [0.2, 0.25) is 0 Å². The zero-order chi connectivity index (χ0) is 19.0. The van der Waals surface area contributed by atoms with Crippen molar-refractivity contribution in [1.82, 2.24) is 20.1 Å². The Morgan fingerprint density at radius 2 is 1.92 bits per heavy atom. The minimum Gasteiger partial charge on any atom is -0.410 e. The van der Waals surface area contributed by atoms with Crippen LogP contribution in [0.4, 0.5) is 18.0 Å². The minimum absolute atomic E-state index is 0.0406. The molecule has 2 rings (SSSR count). The summed E-state index contributed by atoms with van der Waals surface area (Å²) in [6, 6.07) is 8.36. The van der Waals surface area contributed by atoms with Crippen LogP contribution in [0.15, 0.2) is 30.3 Å². The highest BCUT2D eigenvalue weighted by atomic mass is 19.4. The number of hydrogen-bond donors (Lipinski definition) is 1. The summed E-state index contributed by atoms with van der Waals surface area (Å²) in [7, 11) is 0. The summed E-state index contributed by atoms with van der Waals surface area (Å²) in [5.41, 5.74) is 0. The molecule has 0 radical (unpaired) electrons. The number of unbranched alkanes of at least 4 members (excludes halogenated alkanes) is 3. The molecule has 0 unspecified atom stereocenters. The van der Waals surface area contributed by atoms with Gasteiger partial charge in [-0.3, -0.25) is 0 Å². The molecule has 0 atom stereocenters. The Labute approximate surface area is 149 Å². The number of carbonyl (C=O) groups excluding carboxylic acids is 1. The van der Waals surface area contributed by atoms with Crippen LogP contribution in [0.3, 0.4) is 0 Å². The molecular formula is C17H21F3N4O2. The summed E-state index contributed by atoms with van der Waals surface area (Å²) < 4.78 is 44.8. The van der Waals surface area contributed by atoms with Gasteiger partial charge in [0.05, 0.1) is 6.54 Å². The molecule has 0 saturated heterocycles. The van der Waals surface area contributed by atoms with Crippen LogP contribution in [0.25, 0.3) is 0 Å². The second-order valence-corrected chi connectivity index (χ2v) is 5.69. The molecule has 142 valence electrons. The van der Waals surface area contributed by atoms with E-state index in [1.165, 1.54) is 4.68 Å². The molecule has 1 aromatic heterocycles. The molecule has 1 aromatic carbocycles. The van der Waals surface area contributed by atoms with E-state index in [2.05, 4.69) is 15.4 Å². The normalized spacial score (nSPS) is 11.4. The quantitative estimate of drug-likeness (QED) is 0.708. The largest absolute Gasteiger partial charge is 0.453 e. The molecule has 26 heavy (non-hydrogen) atoms. The Kier molecular flexibility index (Phi) is 6.99. The van der Waals surface area contributed by atoms with Gasteiger partial charge < -0.3 is 10.1 Å². The first-order valence-corrected chi connectivity index (χ1v) is 8.41. The van der Waals surface area contributed by atoms with E-state index in [9.17, 15) is 18.0 Å². The molecule has 0 aliphatic carbocycles. The fourth-order valence-electron chi connectivity index (χ4n) is 2.28. The van der Waals surface area contributed by atoms with Crippen molar-refractivity contribution in [3.8, 4) is 5.75 Å². The van der Waals surface area contributed by atoms with Gasteiger partial charge in [0, 0.05) is 6.54 Å². The van der Waals surface area contributed by atoms with Crippen LogP contribution in [0.1, 0.15) is 44.3 Å². The van der Waals surface area contributed by atoms with Gasteiger partial charge in [-0.25, -0.2) is 14.5 Å². The van der Waals surface area contributed by atoms with Crippen molar-refractivity contribution in [2.75, 3.05) is 0 Å². The van der Waals surface area contributed by atoms with E-state index in [-0.39, 0.29) is 12.4 Å². The van der Waals surface area contributed by atoms with Gasteiger partial charge >= 0.3 is 12.3 Å². The van der Waals surface area contributed by atoms with Crippen molar-refractivity contribution >= 4 is 6.09 Å². The second kappa shape index (κ2) is 9.21. The molecule has 0 aliphatic rings. The molecular weight excluding hydrogens is 349 g/mol.